The smallest absolute Gasteiger partial charge is 0.159 e. The number of rotatable bonds is 1. The van der Waals surface area contributed by atoms with Crippen molar-refractivity contribution >= 4 is 39.1 Å². The van der Waals surface area contributed by atoms with Gasteiger partial charge < -0.3 is 14.2 Å². The van der Waals surface area contributed by atoms with E-state index in [9.17, 15) is 0 Å². The van der Waals surface area contributed by atoms with Crippen molar-refractivity contribution in [3.8, 4) is 0 Å². The minimum atomic E-state index is -2.30. The summed E-state index contributed by atoms with van der Waals surface area (Å²) < 4.78 is 30.3. The van der Waals surface area contributed by atoms with Gasteiger partial charge in [0.1, 0.15) is 11.7 Å². The van der Waals surface area contributed by atoms with Gasteiger partial charge in [-0.25, -0.2) is 4.98 Å². The molecule has 4 heteroatoms. The number of aryl methyl sites for hydroxylation is 1. The number of fused-ring (bicyclic) bond motifs is 4. The third-order valence-corrected chi connectivity index (χ3v) is 4.96. The van der Waals surface area contributed by atoms with Gasteiger partial charge in [-0.15, -0.1) is 0 Å². The molecule has 1 atom stereocenters. The van der Waals surface area contributed by atoms with Gasteiger partial charge in [0.25, 0.3) is 0 Å². The zero-order valence-electron chi connectivity index (χ0n) is 17.0. The molecule has 2 aromatic carbocycles. The summed E-state index contributed by atoms with van der Waals surface area (Å²) in [5.74, 6) is 0.461. The van der Waals surface area contributed by atoms with E-state index in [1.165, 1.54) is 4.90 Å². The Morgan fingerprint density at radius 1 is 1.08 bits per heavy atom. The molecule has 4 nitrogen and oxygen atoms in total. The van der Waals surface area contributed by atoms with E-state index in [-0.39, 0.29) is 0 Å². The molecule has 0 bridgehead atoms. The van der Waals surface area contributed by atoms with Gasteiger partial charge in [-0.2, -0.15) is 0 Å². The Balaban J connectivity index is 1.82. The topological polar surface area (TPSA) is 32.5 Å². The van der Waals surface area contributed by atoms with Crippen molar-refractivity contribution in [1.29, 1.82) is 0 Å². The Hall–Kier alpha value is -3.01. The van der Waals surface area contributed by atoms with E-state index in [1.807, 2.05) is 55.1 Å². The highest BCUT2D eigenvalue weighted by Crippen LogP contribution is 2.46. The monoisotopic (exact) mass is 332 g/mol. The first-order valence-electron chi connectivity index (χ1n) is 9.82. The summed E-state index contributed by atoms with van der Waals surface area (Å²) in [6, 6.07) is 15.8. The van der Waals surface area contributed by atoms with Gasteiger partial charge in [0.05, 0.1) is 11.4 Å². The van der Waals surface area contributed by atoms with E-state index in [0.717, 1.165) is 38.9 Å². The molecule has 0 saturated carbocycles. The van der Waals surface area contributed by atoms with Crippen LogP contribution >= 0.6 is 0 Å². The van der Waals surface area contributed by atoms with Gasteiger partial charge in [0, 0.05) is 28.1 Å². The summed E-state index contributed by atoms with van der Waals surface area (Å²) in [4.78, 5) is 7.79. The molecule has 0 aliphatic carbocycles. The fourth-order valence-corrected chi connectivity index (χ4v) is 3.74. The van der Waals surface area contributed by atoms with E-state index in [2.05, 4.69) is 17.1 Å². The lowest BCUT2D eigenvalue weighted by atomic mass is 10.1. The number of hydrogen-bond acceptors (Lipinski definition) is 4. The zero-order chi connectivity index (χ0) is 19.6. The van der Waals surface area contributed by atoms with E-state index < -0.39 is 13.1 Å². The summed E-state index contributed by atoms with van der Waals surface area (Å²) in [5.41, 5.74) is 4.23. The van der Waals surface area contributed by atoms with E-state index in [1.54, 1.807) is 6.20 Å². The lowest BCUT2D eigenvalue weighted by molar-refractivity contribution is 0.661. The van der Waals surface area contributed by atoms with Crippen molar-refractivity contribution < 1.29 is 8.53 Å². The number of pyridine rings is 1. The lowest BCUT2D eigenvalue weighted by Gasteiger charge is -2.28. The van der Waals surface area contributed by atoms with Crippen LogP contribution < -0.4 is 9.80 Å². The van der Waals surface area contributed by atoms with Gasteiger partial charge >= 0.3 is 0 Å². The van der Waals surface area contributed by atoms with Crippen LogP contribution in [0.15, 0.2) is 59.1 Å². The van der Waals surface area contributed by atoms with Crippen LogP contribution in [-0.2, 0) is 0 Å². The normalized spacial score (nSPS) is 19.1. The van der Waals surface area contributed by atoms with Gasteiger partial charge in [0.15, 0.2) is 11.4 Å². The van der Waals surface area contributed by atoms with E-state index >= 15 is 0 Å². The van der Waals surface area contributed by atoms with Gasteiger partial charge in [-0.1, -0.05) is 30.3 Å². The molecule has 4 aromatic rings. The number of aromatic nitrogens is 1. The summed E-state index contributed by atoms with van der Waals surface area (Å²) in [7, 11) is 0. The Labute approximate surface area is 150 Å². The molecule has 2 aromatic heterocycles. The molecule has 1 aliphatic heterocycles. The van der Waals surface area contributed by atoms with Crippen molar-refractivity contribution in [3.05, 3.63) is 60.3 Å². The van der Waals surface area contributed by atoms with Crippen LogP contribution in [0.25, 0.3) is 21.9 Å². The first kappa shape index (κ1) is 11.5. The highest BCUT2D eigenvalue weighted by molar-refractivity contribution is 6.10. The lowest BCUT2D eigenvalue weighted by Crippen LogP contribution is -2.36. The van der Waals surface area contributed by atoms with Crippen molar-refractivity contribution in [1.82, 2.24) is 4.98 Å². The number of furan rings is 1. The molecular formula is C21H19N3O. The van der Waals surface area contributed by atoms with Crippen LogP contribution in [-0.4, -0.2) is 18.1 Å². The van der Waals surface area contributed by atoms with Gasteiger partial charge in [-0.05, 0) is 37.6 Å². The number of anilines is 3. The third kappa shape index (κ3) is 1.85. The molecule has 3 heterocycles. The maximum Gasteiger partial charge on any atom is 0.159 e. The van der Waals surface area contributed by atoms with Gasteiger partial charge in [-0.3, -0.25) is 0 Å². The number of nitrogens with zero attached hydrogens (tertiary/aromatic N) is 3. The van der Waals surface area contributed by atoms with Crippen LogP contribution in [0.1, 0.15) is 16.6 Å². The molecular weight excluding hydrogens is 310 g/mol. The van der Waals surface area contributed by atoms with Crippen LogP contribution in [0, 0.1) is 6.92 Å². The highest BCUT2D eigenvalue weighted by atomic mass is 16.3. The van der Waals surface area contributed by atoms with E-state index in [0.29, 0.717) is 5.82 Å². The van der Waals surface area contributed by atoms with E-state index in [4.69, 9.17) is 8.53 Å². The molecule has 0 N–H and O–H groups in total. The Kier molecular flexibility index (Phi) is 2.30. The van der Waals surface area contributed by atoms with Crippen LogP contribution in [0.2, 0.25) is 0 Å². The molecule has 0 saturated heterocycles. The second kappa shape index (κ2) is 4.99. The average molecular weight is 332 g/mol. The van der Waals surface area contributed by atoms with Crippen molar-refractivity contribution in [2.75, 3.05) is 16.8 Å². The maximum atomic E-state index is 8.02. The minimum Gasteiger partial charge on any atom is -0.454 e. The summed E-state index contributed by atoms with van der Waals surface area (Å²) >= 11 is 0. The van der Waals surface area contributed by atoms with Crippen LogP contribution in [0.5, 0.6) is 0 Å². The Morgan fingerprint density at radius 3 is 2.84 bits per heavy atom. The van der Waals surface area contributed by atoms with Crippen molar-refractivity contribution in [3.63, 3.8) is 0 Å². The molecule has 0 amide bonds. The average Bonchev–Trinajstić information content (AvgIpc) is 3.16. The molecule has 0 spiro atoms. The molecule has 1 unspecified atom stereocenters. The predicted molar refractivity (Wildman–Crippen MR) is 103 cm³/mol. The van der Waals surface area contributed by atoms with Crippen LogP contribution in [0.4, 0.5) is 17.2 Å². The zero-order valence-corrected chi connectivity index (χ0v) is 14.0. The molecule has 5 rings (SSSR count). The highest BCUT2D eigenvalue weighted by Gasteiger charge is 2.35. The second-order valence-electron chi connectivity index (χ2n) is 6.42. The summed E-state index contributed by atoms with van der Waals surface area (Å²) in [6.45, 7) is 1.60. The fraction of sp³-hybridized carbons (Fsp3) is 0.190. The molecule has 124 valence electrons. The molecule has 1 aliphatic rings. The molecule has 25 heavy (non-hydrogen) atoms. The minimum absolute atomic E-state index is 0.435. The fourth-order valence-electron chi connectivity index (χ4n) is 3.74. The summed E-state index contributed by atoms with van der Waals surface area (Å²) in [6.07, 6.45) is 1.19. The summed E-state index contributed by atoms with van der Waals surface area (Å²) in [5, 5.41) is 2.06. The SMILES string of the molecule is [2H]C([2H])([2H])N1c2ncccc2N(c2c(C)ccc3c2oc2ccccc23)C1C. The Bertz CT molecular complexity index is 1210. The second-order valence-corrected chi connectivity index (χ2v) is 6.42. The number of hydrogen-bond donors (Lipinski definition) is 0. The van der Waals surface area contributed by atoms with Gasteiger partial charge in [0.2, 0.25) is 0 Å². The maximum absolute atomic E-state index is 8.02. The standard InChI is InChI=1S/C21H19N3O/c1-13-10-11-16-15-7-4-5-9-18(15)25-20(16)19(13)24-14(2)23(3)21-17(24)8-6-12-22-21/h4-12,14H,1-3H3/i3D3. The Morgan fingerprint density at radius 2 is 1.96 bits per heavy atom. The van der Waals surface area contributed by atoms with Crippen molar-refractivity contribution in [2.24, 2.45) is 0 Å². The predicted octanol–water partition coefficient (Wildman–Crippen LogP) is 5.22. The first-order valence-corrected chi connectivity index (χ1v) is 8.32. The molecule has 0 radical (unpaired) electrons. The third-order valence-electron chi connectivity index (χ3n) is 4.96. The number of benzene rings is 2. The largest absolute Gasteiger partial charge is 0.454 e. The van der Waals surface area contributed by atoms with Crippen LogP contribution in [0.3, 0.4) is 0 Å². The molecule has 0 fully saturated rings. The van der Waals surface area contributed by atoms with Crippen molar-refractivity contribution in [2.45, 2.75) is 20.0 Å². The number of para-hydroxylation sites is 1. The first-order chi connectivity index (χ1) is 13.4. The quantitative estimate of drug-likeness (QED) is 0.478.